The summed E-state index contributed by atoms with van der Waals surface area (Å²) in [6.07, 6.45) is 6.11. The van der Waals surface area contributed by atoms with Crippen LogP contribution in [-0.4, -0.2) is 38.3 Å². The smallest absolute Gasteiger partial charge is 0.322 e. The van der Waals surface area contributed by atoms with Crippen molar-refractivity contribution in [2.45, 2.75) is 64.1 Å². The molecule has 3 aromatic rings. The Kier molecular flexibility index (Phi) is 6.66. The molecule has 0 bridgehead atoms. The lowest BCUT2D eigenvalue weighted by atomic mass is 9.92. The lowest BCUT2D eigenvalue weighted by Gasteiger charge is -2.40. The van der Waals surface area contributed by atoms with Crippen molar-refractivity contribution in [3.05, 3.63) is 69.0 Å². The van der Waals surface area contributed by atoms with Crippen LogP contribution in [0.4, 0.5) is 14.9 Å². The first-order valence-corrected chi connectivity index (χ1v) is 12.5. The third-order valence-electron chi connectivity index (χ3n) is 6.87. The molecule has 2 aromatic heterocycles. The molecule has 2 aliphatic rings. The highest BCUT2D eigenvalue weighted by atomic mass is 35.5. The normalized spacial score (nSPS) is 19.4. The number of benzene rings is 1. The zero-order chi connectivity index (χ0) is 25.4. The van der Waals surface area contributed by atoms with Crippen molar-refractivity contribution in [3.8, 4) is 17.0 Å². The van der Waals surface area contributed by atoms with E-state index in [1.807, 2.05) is 13.8 Å². The van der Waals surface area contributed by atoms with E-state index in [0.29, 0.717) is 35.5 Å². The van der Waals surface area contributed by atoms with Gasteiger partial charge in [0.05, 0.1) is 22.4 Å². The van der Waals surface area contributed by atoms with E-state index in [-0.39, 0.29) is 34.5 Å². The Labute approximate surface area is 212 Å². The molecule has 1 saturated carbocycles. The summed E-state index contributed by atoms with van der Waals surface area (Å²) >= 11 is 6.49. The largest absolute Gasteiger partial charge is 0.474 e. The van der Waals surface area contributed by atoms with Crippen LogP contribution in [-0.2, 0) is 6.42 Å². The van der Waals surface area contributed by atoms with Gasteiger partial charge < -0.3 is 15.0 Å². The standard InChI is InChI=1S/C26H27ClFN5O3/c1-3-22-25-16(10-23(34)31-32-25)9-14(2)33(22)26(35)30-21-12-19(27)18(11-20(21)28)15-7-8-24(29-13-15)36-17-5-4-6-17/h7-8,10-14,17,22H,3-6,9H2,1-2H3,(H,30,35)(H,31,34). The van der Waals surface area contributed by atoms with Crippen molar-refractivity contribution in [1.29, 1.82) is 0 Å². The Bertz CT molecular complexity index is 1340. The molecule has 2 atom stereocenters. The number of rotatable bonds is 5. The van der Waals surface area contributed by atoms with Crippen LogP contribution in [0.2, 0.25) is 5.02 Å². The van der Waals surface area contributed by atoms with E-state index in [4.69, 9.17) is 16.3 Å². The number of aromatic nitrogens is 3. The molecule has 1 fully saturated rings. The van der Waals surface area contributed by atoms with E-state index in [9.17, 15) is 9.59 Å². The highest BCUT2D eigenvalue weighted by Crippen LogP contribution is 2.36. The highest BCUT2D eigenvalue weighted by molar-refractivity contribution is 6.33. The molecule has 8 nitrogen and oxygen atoms in total. The summed E-state index contributed by atoms with van der Waals surface area (Å²) in [6.45, 7) is 3.83. The zero-order valence-corrected chi connectivity index (χ0v) is 20.8. The molecule has 2 unspecified atom stereocenters. The molecule has 1 aliphatic carbocycles. The maximum absolute atomic E-state index is 15.1. The van der Waals surface area contributed by atoms with Crippen LogP contribution in [0.5, 0.6) is 5.88 Å². The van der Waals surface area contributed by atoms with Crippen molar-refractivity contribution in [2.24, 2.45) is 0 Å². The Morgan fingerprint density at radius 1 is 1.31 bits per heavy atom. The van der Waals surface area contributed by atoms with Gasteiger partial charge in [0.25, 0.3) is 5.56 Å². The number of nitrogens with zero attached hydrogens (tertiary/aromatic N) is 3. The number of hydrogen-bond acceptors (Lipinski definition) is 5. The molecule has 3 heterocycles. The van der Waals surface area contributed by atoms with Gasteiger partial charge in [0, 0.05) is 35.5 Å². The molecule has 188 valence electrons. The van der Waals surface area contributed by atoms with Crippen LogP contribution < -0.4 is 15.6 Å². The van der Waals surface area contributed by atoms with Gasteiger partial charge in [-0.15, -0.1) is 0 Å². The van der Waals surface area contributed by atoms with Crippen molar-refractivity contribution in [2.75, 3.05) is 5.32 Å². The molecule has 2 amide bonds. The second-order valence-electron chi connectivity index (χ2n) is 9.33. The second-order valence-corrected chi connectivity index (χ2v) is 9.73. The average Bonchev–Trinajstić information content (AvgIpc) is 2.82. The number of aromatic amines is 1. The molecule has 2 N–H and O–H groups in total. The minimum absolute atomic E-state index is 0.0195. The number of carbonyl (C=O) groups excluding carboxylic acids is 1. The summed E-state index contributed by atoms with van der Waals surface area (Å²) < 4.78 is 20.9. The number of H-pyrrole nitrogens is 1. The molecular weight excluding hydrogens is 485 g/mol. The number of nitrogens with one attached hydrogen (secondary N) is 2. The summed E-state index contributed by atoms with van der Waals surface area (Å²) in [5.41, 5.74) is 2.28. The van der Waals surface area contributed by atoms with Crippen LogP contribution in [0.1, 0.15) is 56.8 Å². The Hall–Kier alpha value is -3.46. The summed E-state index contributed by atoms with van der Waals surface area (Å²) in [5, 5.41) is 9.59. The summed E-state index contributed by atoms with van der Waals surface area (Å²) in [7, 11) is 0. The Morgan fingerprint density at radius 3 is 2.78 bits per heavy atom. The van der Waals surface area contributed by atoms with Crippen LogP contribution in [0.25, 0.3) is 11.1 Å². The number of pyridine rings is 1. The van der Waals surface area contributed by atoms with Crippen molar-refractivity contribution < 1.29 is 13.9 Å². The third kappa shape index (κ3) is 4.67. The van der Waals surface area contributed by atoms with Crippen molar-refractivity contribution in [1.82, 2.24) is 20.1 Å². The van der Waals surface area contributed by atoms with Crippen LogP contribution >= 0.6 is 11.6 Å². The molecule has 1 aliphatic heterocycles. The highest BCUT2D eigenvalue weighted by Gasteiger charge is 2.36. The van der Waals surface area contributed by atoms with Crippen molar-refractivity contribution in [3.63, 3.8) is 0 Å². The maximum atomic E-state index is 15.1. The van der Waals surface area contributed by atoms with E-state index >= 15 is 4.39 Å². The second kappa shape index (κ2) is 9.89. The predicted octanol–water partition coefficient (Wildman–Crippen LogP) is 5.49. The molecular formula is C26H27ClFN5O3. The van der Waals surface area contributed by atoms with Crippen LogP contribution in [0.3, 0.4) is 0 Å². The van der Waals surface area contributed by atoms with Gasteiger partial charge in [-0.1, -0.05) is 18.5 Å². The molecule has 0 radical (unpaired) electrons. The summed E-state index contributed by atoms with van der Waals surface area (Å²) in [6, 6.07) is 6.73. The van der Waals surface area contributed by atoms with Gasteiger partial charge in [0.1, 0.15) is 11.9 Å². The average molecular weight is 512 g/mol. The third-order valence-corrected chi connectivity index (χ3v) is 7.18. The molecule has 1 aromatic carbocycles. The van der Waals surface area contributed by atoms with E-state index in [2.05, 4.69) is 20.5 Å². The SMILES string of the molecule is CCC1c2n[nH]c(=O)cc2CC(C)N1C(=O)Nc1cc(Cl)c(-c2ccc(OC3CCC3)nc2)cc1F. The first-order chi connectivity index (χ1) is 17.3. The van der Waals surface area contributed by atoms with Crippen LogP contribution in [0.15, 0.2) is 41.3 Å². The fraction of sp³-hybridized carbons (Fsp3) is 0.385. The molecule has 10 heteroatoms. The maximum Gasteiger partial charge on any atom is 0.322 e. The molecule has 0 spiro atoms. The van der Waals surface area contributed by atoms with Gasteiger partial charge in [-0.05, 0) is 62.8 Å². The Balaban J connectivity index is 1.35. The summed E-state index contributed by atoms with van der Waals surface area (Å²) in [4.78, 5) is 30.9. The summed E-state index contributed by atoms with van der Waals surface area (Å²) in [5.74, 6) is -0.0803. The van der Waals surface area contributed by atoms with Gasteiger partial charge in [0.15, 0.2) is 0 Å². The molecule has 36 heavy (non-hydrogen) atoms. The lowest BCUT2D eigenvalue weighted by Crippen LogP contribution is -2.48. The minimum atomic E-state index is -0.613. The van der Waals surface area contributed by atoms with Gasteiger partial charge in [-0.25, -0.2) is 19.3 Å². The lowest BCUT2D eigenvalue weighted by molar-refractivity contribution is 0.114. The number of halogens is 2. The monoisotopic (exact) mass is 511 g/mol. The van der Waals surface area contributed by atoms with Gasteiger partial charge >= 0.3 is 6.03 Å². The first-order valence-electron chi connectivity index (χ1n) is 12.1. The fourth-order valence-corrected chi connectivity index (χ4v) is 5.08. The number of urea groups is 1. The van der Waals surface area contributed by atoms with Crippen molar-refractivity contribution >= 4 is 23.3 Å². The quantitative estimate of drug-likeness (QED) is 0.472. The van der Waals surface area contributed by atoms with Gasteiger partial charge in [-0.3, -0.25) is 4.79 Å². The Morgan fingerprint density at radius 2 is 2.11 bits per heavy atom. The van der Waals surface area contributed by atoms with Gasteiger partial charge in [-0.2, -0.15) is 5.10 Å². The number of ether oxygens (including phenoxy) is 1. The topological polar surface area (TPSA) is 100 Å². The zero-order valence-electron chi connectivity index (χ0n) is 20.1. The van der Waals surface area contributed by atoms with E-state index in [0.717, 1.165) is 18.4 Å². The number of hydrogen-bond donors (Lipinski definition) is 2. The molecule has 5 rings (SSSR count). The number of fused-ring (bicyclic) bond motifs is 1. The predicted molar refractivity (Wildman–Crippen MR) is 135 cm³/mol. The minimum Gasteiger partial charge on any atom is -0.474 e. The molecule has 0 saturated heterocycles. The van der Waals surface area contributed by atoms with E-state index in [1.54, 1.807) is 23.2 Å². The first kappa shape index (κ1) is 24.2. The number of carbonyl (C=O) groups is 1. The van der Waals surface area contributed by atoms with E-state index in [1.165, 1.54) is 24.6 Å². The van der Waals surface area contributed by atoms with Gasteiger partial charge in [0.2, 0.25) is 5.88 Å². The van der Waals surface area contributed by atoms with Crippen LogP contribution in [0, 0.1) is 5.82 Å². The van der Waals surface area contributed by atoms with E-state index < -0.39 is 11.8 Å². The number of anilines is 1. The fourth-order valence-electron chi connectivity index (χ4n) is 4.80. The number of amides is 2.